The van der Waals surface area contributed by atoms with Crippen LogP contribution in [0.2, 0.25) is 0 Å². The van der Waals surface area contributed by atoms with Gasteiger partial charge in [-0.05, 0) is 46.7 Å². The Kier molecular flexibility index (Phi) is 5.73. The van der Waals surface area contributed by atoms with Gasteiger partial charge in [0.15, 0.2) is 0 Å². The van der Waals surface area contributed by atoms with Gasteiger partial charge in [-0.25, -0.2) is 0 Å². The normalized spacial score (nSPS) is 10.2. The van der Waals surface area contributed by atoms with Crippen molar-refractivity contribution < 1.29 is 4.57 Å². The van der Waals surface area contributed by atoms with Crippen molar-refractivity contribution in [2.24, 2.45) is 0 Å². The highest BCUT2D eigenvalue weighted by molar-refractivity contribution is 8.24. The quantitative estimate of drug-likeness (QED) is 0.728. The molecule has 74 valence electrons. The Hall–Kier alpha value is 0.0500. The summed E-state index contributed by atoms with van der Waals surface area (Å²) in [6, 6.07) is 3.58. The molecule has 0 saturated carbocycles. The summed E-state index contributed by atoms with van der Waals surface area (Å²) in [6.45, 7) is 1.78. The first-order valence-electron chi connectivity index (χ1n) is 3.14. The molecule has 0 saturated heterocycles. The molecule has 0 radical (unpaired) electrons. The van der Waals surface area contributed by atoms with Gasteiger partial charge in [0.2, 0.25) is 0 Å². The van der Waals surface area contributed by atoms with Crippen LogP contribution >= 0.6 is 38.9 Å². The number of pyridine rings is 1. The molecule has 1 heterocycles. The van der Waals surface area contributed by atoms with E-state index in [2.05, 4.69) is 38.7 Å². The summed E-state index contributed by atoms with van der Waals surface area (Å²) in [5.41, 5.74) is 0.750. The first kappa shape index (κ1) is 13.1. The van der Waals surface area contributed by atoms with Crippen LogP contribution in [0.1, 0.15) is 5.56 Å². The third-order valence-electron chi connectivity index (χ3n) is 1.02. The van der Waals surface area contributed by atoms with Crippen LogP contribution in [-0.2, 0) is 4.57 Å². The van der Waals surface area contributed by atoms with Crippen LogP contribution in [0, 0.1) is 6.92 Å². The van der Waals surface area contributed by atoms with Gasteiger partial charge in [-0.3, -0.25) is 9.36 Å². The fraction of sp³-hybridized carbons (Fsp3) is 0.167. The van der Waals surface area contributed by atoms with E-state index < -0.39 is 5.20 Å². The van der Waals surface area contributed by atoms with E-state index in [4.69, 9.17) is 0 Å². The molecule has 0 atom stereocenters. The van der Waals surface area contributed by atoms with Crippen LogP contribution in [0.25, 0.3) is 0 Å². The Labute approximate surface area is 89.8 Å². The van der Waals surface area contributed by atoms with Crippen LogP contribution in [-0.4, -0.2) is 4.98 Å². The Morgan fingerprint density at radius 1 is 1.38 bits per heavy atom. The lowest BCUT2D eigenvalue weighted by Crippen LogP contribution is -2.06. The standard InChI is InChI=1S/C6H7NO.Cl3OP/c1-5-3-2-4-7-6(5)8;1-5(2,3)4/h2-4H,1H3,(H,7,8);. The highest BCUT2D eigenvalue weighted by atomic mass is 36.0. The van der Waals surface area contributed by atoms with E-state index in [1.807, 2.05) is 0 Å². The van der Waals surface area contributed by atoms with Crippen LogP contribution in [0.3, 0.4) is 0 Å². The van der Waals surface area contributed by atoms with Crippen molar-refractivity contribution in [2.75, 3.05) is 0 Å². The average molecular weight is 262 g/mol. The number of aromatic amines is 1. The molecule has 0 spiro atoms. The molecule has 1 aromatic heterocycles. The van der Waals surface area contributed by atoms with Gasteiger partial charge in [-0.15, -0.1) is 0 Å². The van der Waals surface area contributed by atoms with Crippen molar-refractivity contribution in [3.8, 4) is 0 Å². The molecule has 0 unspecified atom stereocenters. The van der Waals surface area contributed by atoms with E-state index in [0.717, 1.165) is 5.56 Å². The molecule has 0 amide bonds. The SMILES string of the molecule is Cc1ccc[nH]c1=O.O=P(Cl)(Cl)Cl. The van der Waals surface area contributed by atoms with Crippen LogP contribution in [0.4, 0.5) is 0 Å². The van der Waals surface area contributed by atoms with Gasteiger partial charge < -0.3 is 4.98 Å². The summed E-state index contributed by atoms with van der Waals surface area (Å²) in [7, 11) is 0. The highest BCUT2D eigenvalue weighted by Crippen LogP contribution is 2.61. The Morgan fingerprint density at radius 2 is 1.85 bits per heavy atom. The molecule has 1 rings (SSSR count). The third kappa shape index (κ3) is 9.97. The van der Waals surface area contributed by atoms with Crippen molar-refractivity contribution in [3.63, 3.8) is 0 Å². The number of aryl methyl sites for hydroxylation is 1. The minimum absolute atomic E-state index is 0.00694. The van der Waals surface area contributed by atoms with E-state index >= 15 is 0 Å². The smallest absolute Gasteiger partial charge is 0.329 e. The van der Waals surface area contributed by atoms with E-state index in [0.29, 0.717) is 0 Å². The van der Waals surface area contributed by atoms with E-state index in [1.165, 1.54) is 0 Å². The van der Waals surface area contributed by atoms with Gasteiger partial charge in [-0.2, -0.15) is 0 Å². The molecule has 7 heteroatoms. The Morgan fingerprint density at radius 3 is 2.08 bits per heavy atom. The maximum atomic E-state index is 10.6. The summed E-state index contributed by atoms with van der Waals surface area (Å²) in [5, 5.41) is -3.22. The molecule has 0 aliphatic heterocycles. The maximum Gasteiger partial charge on any atom is 0.339 e. The van der Waals surface area contributed by atoms with Crippen molar-refractivity contribution in [1.29, 1.82) is 0 Å². The molecular formula is C6H7Cl3NO2P. The van der Waals surface area contributed by atoms with Crippen molar-refractivity contribution in [3.05, 3.63) is 34.2 Å². The maximum absolute atomic E-state index is 10.6. The van der Waals surface area contributed by atoms with Gasteiger partial charge in [0.05, 0.1) is 0 Å². The second-order valence-electron chi connectivity index (χ2n) is 2.08. The van der Waals surface area contributed by atoms with Crippen molar-refractivity contribution >= 4 is 38.9 Å². The van der Waals surface area contributed by atoms with Crippen LogP contribution < -0.4 is 5.56 Å². The summed E-state index contributed by atoms with van der Waals surface area (Å²) in [6.07, 6.45) is 1.62. The van der Waals surface area contributed by atoms with Gasteiger partial charge in [0.1, 0.15) is 0 Å². The molecule has 13 heavy (non-hydrogen) atoms. The average Bonchev–Trinajstić information content (AvgIpc) is 1.92. The van der Waals surface area contributed by atoms with Gasteiger partial charge >= 0.3 is 5.20 Å². The second-order valence-corrected chi connectivity index (χ2v) is 8.72. The number of nitrogens with one attached hydrogen (secondary N) is 1. The fourth-order valence-corrected chi connectivity index (χ4v) is 0.506. The number of hydrogen-bond acceptors (Lipinski definition) is 2. The van der Waals surface area contributed by atoms with Gasteiger partial charge in [0, 0.05) is 11.8 Å². The summed E-state index contributed by atoms with van der Waals surface area (Å²) in [5.74, 6) is 0. The molecule has 0 bridgehead atoms. The predicted molar refractivity (Wildman–Crippen MR) is 57.0 cm³/mol. The zero-order chi connectivity index (χ0) is 10.5. The minimum atomic E-state index is -3.22. The Balaban J connectivity index is 0.000000252. The summed E-state index contributed by atoms with van der Waals surface area (Å²) in [4.78, 5) is 13.1. The topological polar surface area (TPSA) is 49.9 Å². The van der Waals surface area contributed by atoms with Gasteiger partial charge in [-0.1, -0.05) is 6.07 Å². The van der Waals surface area contributed by atoms with Crippen LogP contribution in [0.5, 0.6) is 0 Å². The third-order valence-corrected chi connectivity index (χ3v) is 1.02. The zero-order valence-electron chi connectivity index (χ0n) is 6.63. The molecule has 0 aromatic carbocycles. The second kappa shape index (κ2) is 5.71. The monoisotopic (exact) mass is 261 g/mol. The molecule has 1 aromatic rings. The zero-order valence-corrected chi connectivity index (χ0v) is 9.79. The van der Waals surface area contributed by atoms with E-state index in [1.54, 1.807) is 25.3 Å². The van der Waals surface area contributed by atoms with E-state index in [-0.39, 0.29) is 5.56 Å². The van der Waals surface area contributed by atoms with Gasteiger partial charge in [0.25, 0.3) is 5.56 Å². The minimum Gasteiger partial charge on any atom is -0.329 e. The number of halogens is 3. The number of hydrogen-bond donors (Lipinski definition) is 1. The molecule has 0 aliphatic carbocycles. The molecular weight excluding hydrogens is 255 g/mol. The molecule has 0 fully saturated rings. The predicted octanol–water partition coefficient (Wildman–Crippen LogP) is 3.49. The fourth-order valence-electron chi connectivity index (χ4n) is 0.506. The molecule has 1 N–H and O–H groups in total. The molecule has 3 nitrogen and oxygen atoms in total. The number of H-pyrrole nitrogens is 1. The van der Waals surface area contributed by atoms with E-state index in [9.17, 15) is 9.36 Å². The first-order valence-corrected chi connectivity index (χ1v) is 7.56. The molecule has 0 aliphatic rings. The van der Waals surface area contributed by atoms with Crippen LogP contribution in [0.15, 0.2) is 23.1 Å². The Bertz CT molecular complexity index is 351. The number of rotatable bonds is 0. The largest absolute Gasteiger partial charge is 0.339 e. The number of aromatic nitrogens is 1. The van der Waals surface area contributed by atoms with Crippen molar-refractivity contribution in [1.82, 2.24) is 4.98 Å². The lowest BCUT2D eigenvalue weighted by molar-refractivity contribution is 0.600. The lowest BCUT2D eigenvalue weighted by atomic mass is 10.3. The first-order chi connectivity index (χ1) is 5.80. The van der Waals surface area contributed by atoms with Crippen molar-refractivity contribution in [2.45, 2.75) is 6.92 Å². The summed E-state index contributed by atoms with van der Waals surface area (Å²) < 4.78 is 9.51. The summed E-state index contributed by atoms with van der Waals surface area (Å²) >= 11 is 13.8. The lowest BCUT2D eigenvalue weighted by Gasteiger charge is -1.83. The highest BCUT2D eigenvalue weighted by Gasteiger charge is 2.02.